The third-order valence-corrected chi connectivity index (χ3v) is 7.72. The van der Waals surface area contributed by atoms with Crippen LogP contribution in [0.2, 0.25) is 0 Å². The maximum Gasteiger partial charge on any atom is 0.0991 e. The van der Waals surface area contributed by atoms with Gasteiger partial charge in [0.1, 0.15) is 0 Å². The number of rotatable bonds is 5. The summed E-state index contributed by atoms with van der Waals surface area (Å²) in [6.07, 6.45) is 0. The van der Waals surface area contributed by atoms with Crippen molar-refractivity contribution >= 4 is 10.8 Å². The Kier molecular flexibility index (Phi) is 6.60. The second-order valence-corrected chi connectivity index (χ2v) is 10.3. The fourth-order valence-corrected chi connectivity index (χ4v) is 5.61. The minimum Gasteiger partial charge on any atom is -0.248 e. The zero-order chi connectivity index (χ0) is 28.3. The summed E-state index contributed by atoms with van der Waals surface area (Å²) in [5.41, 5.74) is 11.6. The van der Waals surface area contributed by atoms with Crippen LogP contribution in [-0.4, -0.2) is 4.98 Å². The minimum atomic E-state index is 0.664. The van der Waals surface area contributed by atoms with E-state index in [1.165, 1.54) is 21.9 Å². The standard InChI is InChI=1S/C40H26N2/c41-27-28-18-20-30(21-19-28)35-22-23-36(38-17-8-7-16-37(35)38)32-14-9-15-33(24-32)40-26-34(29-10-3-1-4-11-29)25-39(42-40)31-12-5-2-6-13-31/h1-26H. The molecule has 7 rings (SSSR count). The number of hydrogen-bond acceptors (Lipinski definition) is 2. The molecule has 0 aliphatic rings. The molecule has 0 amide bonds. The predicted octanol–water partition coefficient (Wildman–Crippen LogP) is 10.4. The molecule has 7 aromatic rings. The van der Waals surface area contributed by atoms with E-state index < -0.39 is 0 Å². The molecule has 0 saturated heterocycles. The second kappa shape index (κ2) is 11.0. The molecule has 1 heterocycles. The molecule has 0 aliphatic heterocycles. The summed E-state index contributed by atoms with van der Waals surface area (Å²) in [5, 5.41) is 11.6. The molecule has 0 radical (unpaired) electrons. The van der Waals surface area contributed by atoms with Crippen molar-refractivity contribution in [3.63, 3.8) is 0 Å². The van der Waals surface area contributed by atoms with Gasteiger partial charge in [-0.15, -0.1) is 0 Å². The van der Waals surface area contributed by atoms with Crippen LogP contribution in [0.25, 0.3) is 66.7 Å². The third-order valence-electron chi connectivity index (χ3n) is 7.72. The quantitative estimate of drug-likeness (QED) is 0.220. The number of benzene rings is 6. The van der Waals surface area contributed by atoms with E-state index in [9.17, 15) is 5.26 Å². The molecule has 196 valence electrons. The van der Waals surface area contributed by atoms with Gasteiger partial charge in [-0.3, -0.25) is 0 Å². The lowest BCUT2D eigenvalue weighted by molar-refractivity contribution is 1.32. The van der Waals surface area contributed by atoms with Gasteiger partial charge >= 0.3 is 0 Å². The van der Waals surface area contributed by atoms with Crippen LogP contribution >= 0.6 is 0 Å². The largest absolute Gasteiger partial charge is 0.248 e. The van der Waals surface area contributed by atoms with Gasteiger partial charge < -0.3 is 0 Å². The predicted molar refractivity (Wildman–Crippen MR) is 174 cm³/mol. The highest BCUT2D eigenvalue weighted by Crippen LogP contribution is 2.37. The zero-order valence-corrected chi connectivity index (χ0v) is 22.9. The van der Waals surface area contributed by atoms with E-state index in [2.05, 4.69) is 127 Å². The number of hydrogen-bond donors (Lipinski definition) is 0. The molecule has 0 spiro atoms. The van der Waals surface area contributed by atoms with Crippen molar-refractivity contribution in [1.29, 1.82) is 5.26 Å². The Morgan fingerprint density at radius 2 is 0.905 bits per heavy atom. The Hall–Kier alpha value is -5.78. The van der Waals surface area contributed by atoms with Crippen LogP contribution in [0.15, 0.2) is 158 Å². The summed E-state index contributed by atoms with van der Waals surface area (Å²) < 4.78 is 0. The Morgan fingerprint density at radius 1 is 0.381 bits per heavy atom. The van der Waals surface area contributed by atoms with Crippen LogP contribution in [0.4, 0.5) is 0 Å². The van der Waals surface area contributed by atoms with Crippen molar-refractivity contribution < 1.29 is 0 Å². The molecule has 0 bridgehead atoms. The van der Waals surface area contributed by atoms with Gasteiger partial charge in [-0.1, -0.05) is 127 Å². The molecular formula is C40H26N2. The van der Waals surface area contributed by atoms with Gasteiger partial charge in [0, 0.05) is 11.1 Å². The van der Waals surface area contributed by atoms with Gasteiger partial charge in [0.05, 0.1) is 23.0 Å². The molecule has 2 nitrogen and oxygen atoms in total. The van der Waals surface area contributed by atoms with Gasteiger partial charge in [0.2, 0.25) is 0 Å². The van der Waals surface area contributed by atoms with Crippen molar-refractivity contribution in [1.82, 2.24) is 4.98 Å². The molecule has 0 unspecified atom stereocenters. The van der Waals surface area contributed by atoms with Gasteiger partial charge in [0.25, 0.3) is 0 Å². The van der Waals surface area contributed by atoms with E-state index >= 15 is 0 Å². The summed E-state index contributed by atoms with van der Waals surface area (Å²) >= 11 is 0. The highest BCUT2D eigenvalue weighted by molar-refractivity contribution is 6.05. The SMILES string of the molecule is N#Cc1ccc(-c2ccc(-c3cccc(-c4cc(-c5ccccc5)cc(-c5ccccc5)n4)c3)c3ccccc23)cc1. The van der Waals surface area contributed by atoms with Crippen molar-refractivity contribution in [3.05, 3.63) is 163 Å². The van der Waals surface area contributed by atoms with E-state index in [0.29, 0.717) is 5.56 Å². The minimum absolute atomic E-state index is 0.664. The topological polar surface area (TPSA) is 36.7 Å². The molecule has 2 heteroatoms. The average Bonchev–Trinajstić information content (AvgIpc) is 3.08. The summed E-state index contributed by atoms with van der Waals surface area (Å²) in [7, 11) is 0. The summed E-state index contributed by atoms with van der Waals surface area (Å²) in [5.74, 6) is 0. The lowest BCUT2D eigenvalue weighted by atomic mass is 9.91. The third kappa shape index (κ3) is 4.85. The highest BCUT2D eigenvalue weighted by Gasteiger charge is 2.13. The van der Waals surface area contributed by atoms with Gasteiger partial charge in [-0.2, -0.15) is 5.26 Å². The van der Waals surface area contributed by atoms with Crippen molar-refractivity contribution in [2.75, 3.05) is 0 Å². The van der Waals surface area contributed by atoms with E-state index in [1.54, 1.807) is 0 Å². The maximum absolute atomic E-state index is 9.23. The Morgan fingerprint density at radius 3 is 1.55 bits per heavy atom. The molecule has 0 saturated carbocycles. The maximum atomic E-state index is 9.23. The van der Waals surface area contributed by atoms with Gasteiger partial charge in [-0.05, 0) is 74.5 Å². The smallest absolute Gasteiger partial charge is 0.0991 e. The first kappa shape index (κ1) is 25.2. The monoisotopic (exact) mass is 534 g/mol. The van der Waals surface area contributed by atoms with Gasteiger partial charge in [0.15, 0.2) is 0 Å². The Labute approximate surface area is 245 Å². The molecular weight excluding hydrogens is 508 g/mol. The Balaban J connectivity index is 1.36. The first-order valence-electron chi connectivity index (χ1n) is 14.0. The summed E-state index contributed by atoms with van der Waals surface area (Å²) in [6, 6.07) is 56.8. The van der Waals surface area contributed by atoms with Crippen LogP contribution in [-0.2, 0) is 0 Å². The summed E-state index contributed by atoms with van der Waals surface area (Å²) in [6.45, 7) is 0. The number of pyridine rings is 1. The van der Waals surface area contributed by atoms with E-state index in [0.717, 1.165) is 44.8 Å². The number of nitriles is 1. The normalized spacial score (nSPS) is 10.8. The lowest BCUT2D eigenvalue weighted by Crippen LogP contribution is -1.92. The fourth-order valence-electron chi connectivity index (χ4n) is 5.61. The fraction of sp³-hybridized carbons (Fsp3) is 0. The Bertz CT molecular complexity index is 2010. The lowest BCUT2D eigenvalue weighted by Gasteiger charge is -2.14. The van der Waals surface area contributed by atoms with Crippen molar-refractivity contribution in [2.45, 2.75) is 0 Å². The molecule has 42 heavy (non-hydrogen) atoms. The number of nitrogens with zero attached hydrogens (tertiary/aromatic N) is 2. The first-order chi connectivity index (χ1) is 20.8. The van der Waals surface area contributed by atoms with E-state index in [1.807, 2.05) is 36.4 Å². The van der Waals surface area contributed by atoms with Crippen molar-refractivity contribution in [3.8, 4) is 62.0 Å². The molecule has 1 aromatic heterocycles. The molecule has 6 aromatic carbocycles. The molecule has 0 atom stereocenters. The van der Waals surface area contributed by atoms with Crippen molar-refractivity contribution in [2.24, 2.45) is 0 Å². The highest BCUT2D eigenvalue weighted by atomic mass is 14.7. The second-order valence-electron chi connectivity index (χ2n) is 10.3. The molecule has 0 N–H and O–H groups in total. The van der Waals surface area contributed by atoms with Crippen LogP contribution in [0.1, 0.15) is 5.56 Å². The first-order valence-corrected chi connectivity index (χ1v) is 14.0. The van der Waals surface area contributed by atoms with Crippen LogP contribution in [0.5, 0.6) is 0 Å². The van der Waals surface area contributed by atoms with E-state index in [4.69, 9.17) is 4.98 Å². The molecule has 0 aliphatic carbocycles. The van der Waals surface area contributed by atoms with Gasteiger partial charge in [-0.25, -0.2) is 4.98 Å². The van der Waals surface area contributed by atoms with Crippen LogP contribution in [0.3, 0.4) is 0 Å². The number of aromatic nitrogens is 1. The average molecular weight is 535 g/mol. The van der Waals surface area contributed by atoms with Crippen LogP contribution < -0.4 is 0 Å². The zero-order valence-electron chi connectivity index (χ0n) is 22.9. The van der Waals surface area contributed by atoms with Crippen LogP contribution in [0, 0.1) is 11.3 Å². The van der Waals surface area contributed by atoms with E-state index in [-0.39, 0.29) is 0 Å². The molecule has 0 fully saturated rings. The summed E-state index contributed by atoms with van der Waals surface area (Å²) in [4.78, 5) is 5.14. The number of fused-ring (bicyclic) bond motifs is 1.